The molecule has 0 rings (SSSR count). The fraction of sp³-hybridized carbons (Fsp3) is 0.774. The minimum Gasteiger partial charge on any atom is -0.466 e. The van der Waals surface area contributed by atoms with Crippen LogP contribution in [0.15, 0.2) is 60.8 Å². The average Bonchev–Trinajstić information content (AvgIpc) is 3.24. The molecular formula is C53H95NO5. The number of rotatable bonds is 45. The Morgan fingerprint density at radius 2 is 0.864 bits per heavy atom. The van der Waals surface area contributed by atoms with Gasteiger partial charge in [-0.05, 0) is 83.5 Å². The highest BCUT2D eigenvalue weighted by atomic mass is 16.5. The van der Waals surface area contributed by atoms with E-state index in [9.17, 15) is 19.8 Å². The van der Waals surface area contributed by atoms with E-state index in [1.165, 1.54) is 141 Å². The molecule has 59 heavy (non-hydrogen) atoms. The van der Waals surface area contributed by atoms with Gasteiger partial charge in [0.05, 0.1) is 25.4 Å². The maximum Gasteiger partial charge on any atom is 0.305 e. The molecule has 0 heterocycles. The van der Waals surface area contributed by atoms with Gasteiger partial charge in [0, 0.05) is 12.8 Å². The predicted octanol–water partition coefficient (Wildman–Crippen LogP) is 14.8. The van der Waals surface area contributed by atoms with E-state index in [0.717, 1.165) is 64.2 Å². The van der Waals surface area contributed by atoms with Crippen LogP contribution in [0.5, 0.6) is 0 Å². The van der Waals surface area contributed by atoms with E-state index in [4.69, 9.17) is 4.74 Å². The minimum atomic E-state index is -0.880. The zero-order valence-corrected chi connectivity index (χ0v) is 38.7. The van der Waals surface area contributed by atoms with Crippen LogP contribution in [0.2, 0.25) is 0 Å². The molecule has 2 atom stereocenters. The van der Waals surface area contributed by atoms with Crippen LogP contribution in [0.1, 0.15) is 239 Å². The van der Waals surface area contributed by atoms with E-state index in [1.807, 2.05) is 12.2 Å². The van der Waals surface area contributed by atoms with Gasteiger partial charge in [-0.15, -0.1) is 0 Å². The van der Waals surface area contributed by atoms with Crippen LogP contribution in [0.25, 0.3) is 0 Å². The van der Waals surface area contributed by atoms with E-state index >= 15 is 0 Å². The van der Waals surface area contributed by atoms with E-state index in [1.54, 1.807) is 6.08 Å². The summed E-state index contributed by atoms with van der Waals surface area (Å²) in [7, 11) is 0. The van der Waals surface area contributed by atoms with E-state index in [-0.39, 0.29) is 18.5 Å². The molecule has 6 nitrogen and oxygen atoms in total. The highest BCUT2D eigenvalue weighted by molar-refractivity contribution is 5.76. The zero-order chi connectivity index (χ0) is 43.0. The maximum atomic E-state index is 12.4. The first-order chi connectivity index (χ1) is 29.0. The van der Waals surface area contributed by atoms with E-state index < -0.39 is 12.1 Å². The Morgan fingerprint density at radius 3 is 1.36 bits per heavy atom. The van der Waals surface area contributed by atoms with Crippen LogP contribution < -0.4 is 5.32 Å². The lowest BCUT2D eigenvalue weighted by atomic mass is 10.0. The quantitative estimate of drug-likeness (QED) is 0.0323. The molecule has 0 radical (unpaired) electrons. The normalized spacial score (nSPS) is 13.2. The predicted molar refractivity (Wildman–Crippen MR) is 255 cm³/mol. The third-order valence-corrected chi connectivity index (χ3v) is 11.0. The Bertz CT molecular complexity index is 1050. The van der Waals surface area contributed by atoms with E-state index in [2.05, 4.69) is 61.7 Å². The number of ether oxygens (including phenoxy) is 1. The second kappa shape index (κ2) is 48.2. The maximum absolute atomic E-state index is 12.4. The lowest BCUT2D eigenvalue weighted by Gasteiger charge is -2.19. The molecule has 0 saturated heterocycles. The summed E-state index contributed by atoms with van der Waals surface area (Å²) in [5.74, 6) is -0.185. The average molecular weight is 826 g/mol. The smallest absolute Gasteiger partial charge is 0.305 e. The number of esters is 1. The molecule has 2 unspecified atom stereocenters. The van der Waals surface area contributed by atoms with Gasteiger partial charge < -0.3 is 20.3 Å². The van der Waals surface area contributed by atoms with Gasteiger partial charge in [-0.1, -0.05) is 203 Å². The summed E-state index contributed by atoms with van der Waals surface area (Å²) < 4.78 is 5.44. The number of unbranched alkanes of at least 4 members (excludes halogenated alkanes) is 26. The molecule has 3 N–H and O–H groups in total. The summed E-state index contributed by atoms with van der Waals surface area (Å²) in [5, 5.41) is 22.9. The Balaban J connectivity index is 3.61. The topological polar surface area (TPSA) is 95.9 Å². The van der Waals surface area contributed by atoms with Crippen molar-refractivity contribution in [2.24, 2.45) is 0 Å². The van der Waals surface area contributed by atoms with Crippen molar-refractivity contribution in [3.63, 3.8) is 0 Å². The number of hydrogen-bond acceptors (Lipinski definition) is 5. The first-order valence-corrected chi connectivity index (χ1v) is 25.1. The molecule has 0 aromatic carbocycles. The highest BCUT2D eigenvalue weighted by Crippen LogP contribution is 2.14. The number of carbonyl (C=O) groups excluding carboxylic acids is 2. The van der Waals surface area contributed by atoms with Crippen molar-refractivity contribution >= 4 is 11.9 Å². The van der Waals surface area contributed by atoms with E-state index in [0.29, 0.717) is 25.9 Å². The van der Waals surface area contributed by atoms with Crippen molar-refractivity contribution in [3.05, 3.63) is 60.8 Å². The molecule has 1 amide bonds. The van der Waals surface area contributed by atoms with Crippen LogP contribution in [-0.4, -0.2) is 47.4 Å². The molecule has 0 saturated carbocycles. The summed E-state index contributed by atoms with van der Waals surface area (Å²) >= 11 is 0. The highest BCUT2D eigenvalue weighted by Gasteiger charge is 2.17. The van der Waals surface area contributed by atoms with Crippen molar-refractivity contribution in [2.75, 3.05) is 13.2 Å². The monoisotopic (exact) mass is 826 g/mol. The summed E-state index contributed by atoms with van der Waals surface area (Å²) in [6, 6.07) is -0.673. The van der Waals surface area contributed by atoms with Crippen LogP contribution in [0.3, 0.4) is 0 Å². The molecule has 0 aromatic rings. The van der Waals surface area contributed by atoms with Gasteiger partial charge >= 0.3 is 5.97 Å². The minimum absolute atomic E-state index is 0.0338. The molecular weight excluding hydrogens is 731 g/mol. The Hall–Kier alpha value is -2.44. The SMILES string of the molecule is CCCCC/C=C\C/C=C\CCCCCCCC(=O)OCCCCCCCC/C=C\C/C=C\CCC(=O)NC(CO)C(O)/C=C/CCCCCCCCCCCCCC. The molecule has 0 aliphatic rings. The second-order valence-electron chi connectivity index (χ2n) is 16.8. The van der Waals surface area contributed by atoms with Gasteiger partial charge in [0.2, 0.25) is 5.91 Å². The molecule has 0 aliphatic carbocycles. The lowest BCUT2D eigenvalue weighted by molar-refractivity contribution is -0.143. The lowest BCUT2D eigenvalue weighted by Crippen LogP contribution is -2.45. The standard InChI is InChI=1S/C53H95NO5/c1-3-5-7-9-11-13-15-17-19-23-27-31-35-39-43-47-53(58)59-48-44-40-36-32-28-24-20-22-26-30-34-38-42-46-52(57)54-50(49-55)51(56)45-41-37-33-29-25-21-18-16-14-12-10-8-6-4-2/h11,13,17,19,22,26,34,38,41,45,50-51,55-56H,3-10,12,14-16,18,20-21,23-25,27-33,35-37,39-40,42-44,46-49H2,1-2H3,(H,54,57)/b13-11-,19-17-,26-22-,38-34-,45-41+. The molecule has 0 aromatic heterocycles. The third-order valence-electron chi connectivity index (χ3n) is 11.0. The molecule has 342 valence electrons. The van der Waals surface area contributed by atoms with Crippen LogP contribution in [-0.2, 0) is 14.3 Å². The van der Waals surface area contributed by atoms with Crippen molar-refractivity contribution in [1.29, 1.82) is 0 Å². The summed E-state index contributed by atoms with van der Waals surface area (Å²) in [4.78, 5) is 24.4. The summed E-state index contributed by atoms with van der Waals surface area (Å²) in [6.07, 6.45) is 60.8. The van der Waals surface area contributed by atoms with Crippen molar-refractivity contribution in [3.8, 4) is 0 Å². The fourth-order valence-corrected chi connectivity index (χ4v) is 7.12. The second-order valence-corrected chi connectivity index (χ2v) is 16.8. The summed E-state index contributed by atoms with van der Waals surface area (Å²) in [6.45, 7) is 4.78. The molecule has 0 bridgehead atoms. The van der Waals surface area contributed by atoms with Gasteiger partial charge in [-0.3, -0.25) is 9.59 Å². The Labute approximate surface area is 365 Å². The van der Waals surface area contributed by atoms with Crippen LogP contribution in [0, 0.1) is 0 Å². The first-order valence-electron chi connectivity index (χ1n) is 25.1. The molecule has 0 aliphatic heterocycles. The number of hydrogen-bond donors (Lipinski definition) is 3. The molecule has 6 heteroatoms. The van der Waals surface area contributed by atoms with Crippen LogP contribution >= 0.6 is 0 Å². The van der Waals surface area contributed by atoms with Gasteiger partial charge in [0.1, 0.15) is 0 Å². The zero-order valence-electron chi connectivity index (χ0n) is 38.7. The molecule has 0 fully saturated rings. The number of carbonyl (C=O) groups is 2. The number of nitrogens with one attached hydrogen (secondary N) is 1. The van der Waals surface area contributed by atoms with Crippen molar-refractivity contribution in [1.82, 2.24) is 5.32 Å². The Morgan fingerprint density at radius 1 is 0.475 bits per heavy atom. The number of aliphatic hydroxyl groups is 2. The first kappa shape index (κ1) is 56.6. The largest absolute Gasteiger partial charge is 0.466 e. The van der Waals surface area contributed by atoms with Crippen LogP contribution in [0.4, 0.5) is 0 Å². The van der Waals surface area contributed by atoms with Gasteiger partial charge in [-0.25, -0.2) is 0 Å². The van der Waals surface area contributed by atoms with Crippen molar-refractivity contribution < 1.29 is 24.5 Å². The van der Waals surface area contributed by atoms with Gasteiger partial charge in [0.15, 0.2) is 0 Å². The number of amides is 1. The number of allylic oxidation sites excluding steroid dienone is 9. The third kappa shape index (κ3) is 44.9. The Kier molecular flexibility index (Phi) is 46.2. The fourth-order valence-electron chi connectivity index (χ4n) is 7.12. The number of aliphatic hydroxyl groups excluding tert-OH is 2. The molecule has 0 spiro atoms. The summed E-state index contributed by atoms with van der Waals surface area (Å²) in [5.41, 5.74) is 0. The van der Waals surface area contributed by atoms with Gasteiger partial charge in [-0.2, -0.15) is 0 Å². The van der Waals surface area contributed by atoms with Crippen molar-refractivity contribution in [2.45, 2.75) is 251 Å². The van der Waals surface area contributed by atoms with Gasteiger partial charge in [0.25, 0.3) is 0 Å².